The van der Waals surface area contributed by atoms with E-state index in [1.54, 1.807) is 0 Å². The quantitative estimate of drug-likeness (QED) is 0.554. The van der Waals surface area contributed by atoms with E-state index in [9.17, 15) is 4.79 Å². The summed E-state index contributed by atoms with van der Waals surface area (Å²) in [6.07, 6.45) is 16.6. The van der Waals surface area contributed by atoms with Gasteiger partial charge in [0.05, 0.1) is 0 Å². The summed E-state index contributed by atoms with van der Waals surface area (Å²) in [5.74, 6) is 0.356. The lowest BCUT2D eigenvalue weighted by molar-refractivity contribution is -0.118. The molecule has 0 aromatic heterocycles. The molecule has 0 N–H and O–H groups in total. The van der Waals surface area contributed by atoms with Gasteiger partial charge in [-0.25, -0.2) is 0 Å². The van der Waals surface area contributed by atoms with Gasteiger partial charge in [0, 0.05) is 12.8 Å². The SMILES string of the molecule is O=C1CC=CC=CC=CCCCC1. The largest absolute Gasteiger partial charge is 0.299 e. The molecular formula is C12H16O. The molecule has 70 valence electrons. The highest BCUT2D eigenvalue weighted by Gasteiger charge is 1.97. The van der Waals surface area contributed by atoms with E-state index in [2.05, 4.69) is 12.2 Å². The zero-order chi connectivity index (χ0) is 9.36. The number of carbonyl (C=O) groups excluding carboxylic acids is 1. The van der Waals surface area contributed by atoms with Gasteiger partial charge >= 0.3 is 0 Å². The van der Waals surface area contributed by atoms with Crippen LogP contribution in [0, 0.1) is 0 Å². The molecule has 0 bridgehead atoms. The Labute approximate surface area is 79.8 Å². The third-order valence-electron chi connectivity index (χ3n) is 2.03. The number of hydrogen-bond acceptors (Lipinski definition) is 1. The molecule has 1 rings (SSSR count). The van der Waals surface area contributed by atoms with Crippen LogP contribution in [0.2, 0.25) is 0 Å². The van der Waals surface area contributed by atoms with Gasteiger partial charge in [0.25, 0.3) is 0 Å². The number of Topliss-reactive ketones (excluding diaryl/α,β-unsaturated/α-hetero) is 1. The van der Waals surface area contributed by atoms with Crippen LogP contribution in [0.4, 0.5) is 0 Å². The molecule has 0 amide bonds. The lowest BCUT2D eigenvalue weighted by atomic mass is 10.1. The second-order valence-corrected chi connectivity index (χ2v) is 3.23. The first-order valence-electron chi connectivity index (χ1n) is 4.89. The minimum atomic E-state index is 0.356. The van der Waals surface area contributed by atoms with Gasteiger partial charge in [-0.15, -0.1) is 0 Å². The zero-order valence-corrected chi connectivity index (χ0v) is 7.91. The second kappa shape index (κ2) is 6.41. The summed E-state index contributed by atoms with van der Waals surface area (Å²) in [5.41, 5.74) is 0. The van der Waals surface area contributed by atoms with Gasteiger partial charge in [0.15, 0.2) is 0 Å². The number of hydrogen-bond donors (Lipinski definition) is 0. The van der Waals surface area contributed by atoms with Gasteiger partial charge in [0.2, 0.25) is 0 Å². The third-order valence-corrected chi connectivity index (χ3v) is 2.03. The molecule has 0 atom stereocenters. The van der Waals surface area contributed by atoms with E-state index in [0.717, 1.165) is 25.7 Å². The molecule has 1 heteroatoms. The number of carbonyl (C=O) groups is 1. The van der Waals surface area contributed by atoms with Crippen LogP contribution >= 0.6 is 0 Å². The van der Waals surface area contributed by atoms with Crippen molar-refractivity contribution in [2.45, 2.75) is 32.1 Å². The van der Waals surface area contributed by atoms with E-state index in [1.807, 2.05) is 24.3 Å². The lowest BCUT2D eigenvalue weighted by Gasteiger charge is -1.96. The first kappa shape index (κ1) is 9.97. The third kappa shape index (κ3) is 5.18. The smallest absolute Gasteiger partial charge is 0.136 e. The first-order valence-corrected chi connectivity index (χ1v) is 4.89. The molecule has 0 spiro atoms. The fourth-order valence-electron chi connectivity index (χ4n) is 1.27. The fraction of sp³-hybridized carbons (Fsp3) is 0.417. The van der Waals surface area contributed by atoms with Crippen LogP contribution in [0.15, 0.2) is 36.5 Å². The Morgan fingerprint density at radius 3 is 2.54 bits per heavy atom. The molecule has 13 heavy (non-hydrogen) atoms. The highest BCUT2D eigenvalue weighted by atomic mass is 16.1. The van der Waals surface area contributed by atoms with E-state index >= 15 is 0 Å². The monoisotopic (exact) mass is 176 g/mol. The molecule has 1 nitrogen and oxygen atoms in total. The van der Waals surface area contributed by atoms with Crippen molar-refractivity contribution in [1.29, 1.82) is 0 Å². The van der Waals surface area contributed by atoms with Crippen molar-refractivity contribution >= 4 is 5.78 Å². The molecule has 0 aromatic rings. The van der Waals surface area contributed by atoms with E-state index < -0.39 is 0 Å². The summed E-state index contributed by atoms with van der Waals surface area (Å²) in [6.45, 7) is 0. The van der Waals surface area contributed by atoms with Crippen LogP contribution in [0.25, 0.3) is 0 Å². The Balaban J connectivity index is 2.46. The maximum Gasteiger partial charge on any atom is 0.136 e. The Morgan fingerprint density at radius 1 is 0.923 bits per heavy atom. The molecule has 0 unspecified atom stereocenters. The van der Waals surface area contributed by atoms with E-state index in [4.69, 9.17) is 0 Å². The van der Waals surface area contributed by atoms with Crippen molar-refractivity contribution in [2.24, 2.45) is 0 Å². The molecule has 1 aliphatic rings. The summed E-state index contributed by atoms with van der Waals surface area (Å²) < 4.78 is 0. The van der Waals surface area contributed by atoms with Crippen molar-refractivity contribution in [3.05, 3.63) is 36.5 Å². The predicted octanol–water partition coefficient (Wildman–Crippen LogP) is 3.19. The van der Waals surface area contributed by atoms with Gasteiger partial charge in [0.1, 0.15) is 5.78 Å². The Hall–Kier alpha value is -1.11. The van der Waals surface area contributed by atoms with Gasteiger partial charge < -0.3 is 0 Å². The van der Waals surface area contributed by atoms with Crippen molar-refractivity contribution < 1.29 is 4.79 Å². The average molecular weight is 176 g/mol. The van der Waals surface area contributed by atoms with Crippen molar-refractivity contribution in [3.8, 4) is 0 Å². The molecule has 0 saturated heterocycles. The van der Waals surface area contributed by atoms with Crippen LogP contribution in [0.3, 0.4) is 0 Å². The molecule has 0 aliphatic heterocycles. The normalized spacial score (nSPS) is 19.5. The molecule has 0 fully saturated rings. The maximum absolute atomic E-state index is 11.2. The number of ketones is 1. The molecule has 0 radical (unpaired) electrons. The van der Waals surface area contributed by atoms with Gasteiger partial charge in [-0.1, -0.05) is 36.5 Å². The minimum absolute atomic E-state index is 0.356. The van der Waals surface area contributed by atoms with Crippen LogP contribution in [0.1, 0.15) is 32.1 Å². The standard InChI is InChI=1S/C12H16O/c13-12-10-8-6-4-2-1-3-5-7-9-11-12/h1-4,6,8H,5,7,9-11H2. The topological polar surface area (TPSA) is 17.1 Å². The molecular weight excluding hydrogens is 160 g/mol. The van der Waals surface area contributed by atoms with E-state index in [-0.39, 0.29) is 0 Å². The highest BCUT2D eigenvalue weighted by molar-refractivity contribution is 5.79. The zero-order valence-electron chi connectivity index (χ0n) is 7.91. The van der Waals surface area contributed by atoms with Crippen LogP contribution in [0.5, 0.6) is 0 Å². The van der Waals surface area contributed by atoms with E-state index in [1.165, 1.54) is 0 Å². The van der Waals surface area contributed by atoms with Crippen molar-refractivity contribution in [2.75, 3.05) is 0 Å². The molecule has 0 saturated carbocycles. The Kier molecular flexibility index (Phi) is 4.92. The second-order valence-electron chi connectivity index (χ2n) is 3.23. The van der Waals surface area contributed by atoms with Crippen LogP contribution in [-0.2, 0) is 4.79 Å². The lowest BCUT2D eigenvalue weighted by Crippen LogP contribution is -1.94. The van der Waals surface area contributed by atoms with Crippen molar-refractivity contribution in [3.63, 3.8) is 0 Å². The van der Waals surface area contributed by atoms with Crippen molar-refractivity contribution in [1.82, 2.24) is 0 Å². The Bertz CT molecular complexity index is 234. The summed E-state index contributed by atoms with van der Waals surface area (Å²) in [6, 6.07) is 0. The maximum atomic E-state index is 11.2. The van der Waals surface area contributed by atoms with E-state index in [0.29, 0.717) is 12.2 Å². The molecule has 1 aliphatic carbocycles. The Morgan fingerprint density at radius 2 is 1.69 bits per heavy atom. The summed E-state index contributed by atoms with van der Waals surface area (Å²) >= 11 is 0. The van der Waals surface area contributed by atoms with Crippen LogP contribution in [-0.4, -0.2) is 5.78 Å². The molecule has 0 heterocycles. The summed E-state index contributed by atoms with van der Waals surface area (Å²) in [7, 11) is 0. The fourth-order valence-corrected chi connectivity index (χ4v) is 1.27. The van der Waals surface area contributed by atoms with Gasteiger partial charge in [-0.3, -0.25) is 4.79 Å². The predicted molar refractivity (Wildman–Crippen MR) is 55.5 cm³/mol. The number of rotatable bonds is 0. The number of allylic oxidation sites excluding steroid dienone is 6. The van der Waals surface area contributed by atoms with Gasteiger partial charge in [-0.2, -0.15) is 0 Å². The summed E-state index contributed by atoms with van der Waals surface area (Å²) in [5, 5.41) is 0. The average Bonchev–Trinajstić information content (AvgIpc) is 2.11. The van der Waals surface area contributed by atoms with Gasteiger partial charge in [-0.05, 0) is 19.3 Å². The summed E-state index contributed by atoms with van der Waals surface area (Å²) in [4.78, 5) is 11.2. The molecule has 0 aromatic carbocycles. The van der Waals surface area contributed by atoms with Crippen LogP contribution < -0.4 is 0 Å². The highest BCUT2D eigenvalue weighted by Crippen LogP contribution is 2.04. The minimum Gasteiger partial charge on any atom is -0.299 e. The first-order chi connectivity index (χ1) is 6.39.